The number of pyridine rings is 2. The lowest BCUT2D eigenvalue weighted by atomic mass is 10.2. The average molecular weight is 489 g/mol. The van der Waals surface area contributed by atoms with Crippen molar-refractivity contribution >= 4 is 45.2 Å². The van der Waals surface area contributed by atoms with Gasteiger partial charge in [-0.2, -0.15) is 4.31 Å². The third-order valence-electron chi connectivity index (χ3n) is 4.65. The highest BCUT2D eigenvalue weighted by Gasteiger charge is 2.27. The van der Waals surface area contributed by atoms with Crippen LogP contribution in [0.2, 0.25) is 0 Å². The third kappa shape index (κ3) is 5.86. The number of carbonyl (C=O) groups is 1. The molecule has 3 heterocycles. The lowest BCUT2D eigenvalue weighted by Gasteiger charge is -2.21. The number of carboxylic acids is 1. The second kappa shape index (κ2) is 10.4. The van der Waals surface area contributed by atoms with Gasteiger partial charge in [-0.3, -0.25) is 9.78 Å². The van der Waals surface area contributed by atoms with Gasteiger partial charge in [0.05, 0.1) is 18.8 Å². The van der Waals surface area contributed by atoms with Crippen LogP contribution in [0.4, 0.5) is 5.82 Å². The van der Waals surface area contributed by atoms with Crippen molar-refractivity contribution in [3.8, 4) is 0 Å². The molecule has 0 unspecified atom stereocenters. The molecule has 0 aliphatic rings. The number of hydrogen-bond donors (Lipinski definition) is 2. The maximum atomic E-state index is 13.4. The van der Waals surface area contributed by atoms with Gasteiger partial charge in [-0.05, 0) is 36.4 Å². The zero-order valence-corrected chi connectivity index (χ0v) is 18.9. The Morgan fingerprint density at radius 3 is 2.61 bits per heavy atom. The summed E-state index contributed by atoms with van der Waals surface area (Å²) in [6, 6.07) is 17.3. The Labute approximate surface area is 196 Å². The van der Waals surface area contributed by atoms with Crippen molar-refractivity contribution in [3.05, 3.63) is 84.5 Å². The van der Waals surface area contributed by atoms with E-state index < -0.39 is 16.0 Å². The van der Waals surface area contributed by atoms with Crippen LogP contribution in [0.1, 0.15) is 11.5 Å². The van der Waals surface area contributed by atoms with Gasteiger partial charge in [-0.15, -0.1) is 12.4 Å². The number of sulfonamides is 1. The molecule has 3 aromatic heterocycles. The van der Waals surface area contributed by atoms with Crippen LogP contribution in [0.5, 0.6) is 0 Å². The van der Waals surface area contributed by atoms with Crippen molar-refractivity contribution in [1.82, 2.24) is 14.3 Å². The highest BCUT2D eigenvalue weighted by Crippen LogP contribution is 2.24. The number of para-hydroxylation sites is 1. The van der Waals surface area contributed by atoms with Gasteiger partial charge in [-0.25, -0.2) is 13.4 Å². The number of fused-ring (bicyclic) bond motifs is 1. The van der Waals surface area contributed by atoms with Crippen molar-refractivity contribution < 1.29 is 22.7 Å². The standard InChI is InChI=1S/C22H20N4O5S.ClH/c27-22(28)13-24-21-9-3-6-17(25-21)14-26(32(29,30)19-7-4-10-23-12-19)15-18-11-16-5-1-2-8-20(16)31-18;/h1-12H,13-15H2,(H,24,25)(H,27,28);1H. The summed E-state index contributed by atoms with van der Waals surface area (Å²) in [6.07, 6.45) is 2.79. The molecule has 0 bridgehead atoms. The molecule has 2 N–H and O–H groups in total. The average Bonchev–Trinajstić information content (AvgIpc) is 3.21. The summed E-state index contributed by atoms with van der Waals surface area (Å²) >= 11 is 0. The summed E-state index contributed by atoms with van der Waals surface area (Å²) in [5.74, 6) is -0.200. The van der Waals surface area contributed by atoms with Gasteiger partial charge in [0.25, 0.3) is 0 Å². The van der Waals surface area contributed by atoms with E-state index in [-0.39, 0.29) is 36.9 Å². The Kier molecular flexibility index (Phi) is 7.64. The molecule has 4 aromatic rings. The van der Waals surface area contributed by atoms with Crippen LogP contribution in [0.15, 0.2) is 82.4 Å². The van der Waals surface area contributed by atoms with E-state index in [1.807, 2.05) is 24.3 Å². The van der Waals surface area contributed by atoms with Gasteiger partial charge in [0.2, 0.25) is 10.0 Å². The maximum Gasteiger partial charge on any atom is 0.322 e. The molecule has 0 amide bonds. The van der Waals surface area contributed by atoms with Crippen molar-refractivity contribution in [2.24, 2.45) is 0 Å². The number of furan rings is 1. The number of rotatable bonds is 9. The van der Waals surface area contributed by atoms with E-state index in [0.29, 0.717) is 22.9 Å². The molecular formula is C22H21ClN4O5S. The number of aromatic nitrogens is 2. The molecule has 1 aromatic carbocycles. The Balaban J connectivity index is 0.00000306. The number of nitrogens with one attached hydrogen (secondary N) is 1. The van der Waals surface area contributed by atoms with E-state index in [0.717, 1.165) is 5.39 Å². The minimum Gasteiger partial charge on any atom is -0.480 e. The van der Waals surface area contributed by atoms with Crippen molar-refractivity contribution in [1.29, 1.82) is 0 Å². The second-order valence-electron chi connectivity index (χ2n) is 6.97. The van der Waals surface area contributed by atoms with E-state index in [1.165, 1.54) is 22.8 Å². The van der Waals surface area contributed by atoms with Crippen molar-refractivity contribution in [2.75, 3.05) is 11.9 Å². The Morgan fingerprint density at radius 1 is 1.06 bits per heavy atom. The molecule has 0 atom stereocenters. The number of benzene rings is 1. The number of aliphatic carboxylic acids is 1. The molecule has 4 rings (SSSR count). The van der Waals surface area contributed by atoms with Gasteiger partial charge in [0.15, 0.2) is 0 Å². The van der Waals surface area contributed by atoms with Crippen molar-refractivity contribution in [3.63, 3.8) is 0 Å². The Hall–Kier alpha value is -3.47. The lowest BCUT2D eigenvalue weighted by molar-refractivity contribution is -0.134. The zero-order valence-electron chi connectivity index (χ0n) is 17.3. The smallest absolute Gasteiger partial charge is 0.322 e. The van der Waals surface area contributed by atoms with Gasteiger partial charge >= 0.3 is 5.97 Å². The van der Waals surface area contributed by atoms with Gasteiger partial charge in [-0.1, -0.05) is 24.3 Å². The second-order valence-corrected chi connectivity index (χ2v) is 8.91. The van der Waals surface area contributed by atoms with E-state index in [9.17, 15) is 13.2 Å². The van der Waals surface area contributed by atoms with Crippen LogP contribution >= 0.6 is 12.4 Å². The molecule has 0 saturated carbocycles. The predicted molar refractivity (Wildman–Crippen MR) is 124 cm³/mol. The zero-order chi connectivity index (χ0) is 22.6. The molecule has 0 spiro atoms. The molecule has 172 valence electrons. The van der Waals surface area contributed by atoms with Crippen LogP contribution < -0.4 is 5.32 Å². The van der Waals surface area contributed by atoms with E-state index >= 15 is 0 Å². The predicted octanol–water partition coefficient (Wildman–Crippen LogP) is 3.53. The Bertz CT molecular complexity index is 1310. The number of carboxylic acid groups (broad SMARTS) is 1. The molecule has 0 aliphatic heterocycles. The quantitative estimate of drug-likeness (QED) is 0.366. The van der Waals surface area contributed by atoms with E-state index in [2.05, 4.69) is 15.3 Å². The number of halogens is 1. The molecule has 0 radical (unpaired) electrons. The number of hydrogen-bond acceptors (Lipinski definition) is 7. The van der Waals surface area contributed by atoms with Gasteiger partial charge in [0, 0.05) is 17.8 Å². The lowest BCUT2D eigenvalue weighted by Crippen LogP contribution is -2.30. The molecular weight excluding hydrogens is 468 g/mol. The highest BCUT2D eigenvalue weighted by atomic mass is 35.5. The van der Waals surface area contributed by atoms with Crippen LogP contribution in [0.3, 0.4) is 0 Å². The largest absolute Gasteiger partial charge is 0.480 e. The fraction of sp³-hybridized carbons (Fsp3) is 0.136. The maximum absolute atomic E-state index is 13.4. The third-order valence-corrected chi connectivity index (χ3v) is 6.42. The summed E-state index contributed by atoms with van der Waals surface area (Å²) in [7, 11) is -3.92. The van der Waals surface area contributed by atoms with Gasteiger partial charge < -0.3 is 14.8 Å². The summed E-state index contributed by atoms with van der Waals surface area (Å²) < 4.78 is 33.8. The van der Waals surface area contributed by atoms with Crippen LogP contribution in [0.25, 0.3) is 11.0 Å². The molecule has 11 heteroatoms. The fourth-order valence-corrected chi connectivity index (χ4v) is 4.52. The fourth-order valence-electron chi connectivity index (χ4n) is 3.18. The minimum atomic E-state index is -3.92. The first kappa shape index (κ1) is 24.2. The Morgan fingerprint density at radius 2 is 1.88 bits per heavy atom. The van der Waals surface area contributed by atoms with Crippen molar-refractivity contribution in [2.45, 2.75) is 18.0 Å². The molecule has 0 fully saturated rings. The van der Waals surface area contributed by atoms with E-state index in [4.69, 9.17) is 9.52 Å². The highest BCUT2D eigenvalue weighted by molar-refractivity contribution is 7.89. The number of nitrogens with zero attached hydrogens (tertiary/aromatic N) is 3. The summed E-state index contributed by atoms with van der Waals surface area (Å²) in [5.41, 5.74) is 1.11. The molecule has 33 heavy (non-hydrogen) atoms. The molecule has 9 nitrogen and oxygen atoms in total. The summed E-state index contributed by atoms with van der Waals surface area (Å²) in [4.78, 5) is 19.1. The van der Waals surface area contributed by atoms with Crippen LogP contribution in [0, 0.1) is 0 Å². The first-order chi connectivity index (χ1) is 15.4. The summed E-state index contributed by atoms with van der Waals surface area (Å²) in [6.45, 7) is -0.357. The van der Waals surface area contributed by atoms with Crippen LogP contribution in [-0.2, 0) is 27.9 Å². The summed E-state index contributed by atoms with van der Waals surface area (Å²) in [5, 5.41) is 12.4. The minimum absolute atomic E-state index is 0. The topological polar surface area (TPSA) is 126 Å². The van der Waals surface area contributed by atoms with E-state index in [1.54, 1.807) is 30.3 Å². The van der Waals surface area contributed by atoms with Crippen LogP contribution in [-0.4, -0.2) is 40.3 Å². The molecule has 0 saturated heterocycles. The number of anilines is 1. The normalized spacial score (nSPS) is 11.3. The first-order valence-corrected chi connectivity index (χ1v) is 11.1. The molecule has 0 aliphatic carbocycles. The van der Waals surface area contributed by atoms with Gasteiger partial charge in [0.1, 0.15) is 28.6 Å². The first-order valence-electron chi connectivity index (χ1n) is 9.71. The monoisotopic (exact) mass is 488 g/mol. The SMILES string of the molecule is Cl.O=C(O)CNc1cccc(CN(Cc2cc3ccccc3o2)S(=O)(=O)c2cccnc2)n1.